The predicted octanol–water partition coefficient (Wildman–Crippen LogP) is 4.01. The molecule has 27 heavy (non-hydrogen) atoms. The number of thiazole rings is 1. The van der Waals surface area contributed by atoms with Crippen LogP contribution in [0.15, 0.2) is 30.3 Å². The number of hydrogen-bond acceptors (Lipinski definition) is 4. The molecular weight excluding hydrogens is 356 g/mol. The summed E-state index contributed by atoms with van der Waals surface area (Å²) in [4.78, 5) is 20.6. The van der Waals surface area contributed by atoms with Gasteiger partial charge in [-0.15, -0.1) is 11.3 Å². The van der Waals surface area contributed by atoms with E-state index in [0.29, 0.717) is 11.8 Å². The van der Waals surface area contributed by atoms with Gasteiger partial charge in [-0.1, -0.05) is 30.3 Å². The molecule has 1 aliphatic heterocycles. The number of fused-ring (bicyclic) bond motifs is 1. The van der Waals surface area contributed by atoms with E-state index in [2.05, 4.69) is 35.6 Å². The number of amides is 2. The highest BCUT2D eigenvalue weighted by Crippen LogP contribution is 2.37. The van der Waals surface area contributed by atoms with Gasteiger partial charge in [-0.2, -0.15) is 0 Å². The Morgan fingerprint density at radius 2 is 2.15 bits per heavy atom. The number of benzene rings is 1. The average molecular weight is 385 g/mol. The quantitative estimate of drug-likeness (QED) is 0.840. The Labute approximate surface area is 165 Å². The van der Waals surface area contributed by atoms with E-state index in [0.717, 1.165) is 56.0 Å². The molecule has 1 fully saturated rings. The van der Waals surface area contributed by atoms with Gasteiger partial charge < -0.3 is 10.6 Å². The number of anilines is 1. The Bertz CT molecular complexity index is 789. The fourth-order valence-corrected chi connectivity index (χ4v) is 5.31. The lowest BCUT2D eigenvalue weighted by molar-refractivity contribution is 0.169. The van der Waals surface area contributed by atoms with Crippen molar-refractivity contribution in [3.8, 4) is 0 Å². The highest BCUT2D eigenvalue weighted by atomic mass is 32.1. The first-order chi connectivity index (χ1) is 13.1. The Hall–Kier alpha value is -1.92. The van der Waals surface area contributed by atoms with E-state index in [1.54, 1.807) is 11.3 Å². The van der Waals surface area contributed by atoms with Crippen molar-refractivity contribution in [3.05, 3.63) is 46.5 Å². The van der Waals surface area contributed by atoms with Crippen molar-refractivity contribution in [1.82, 2.24) is 9.88 Å². The molecule has 1 aromatic heterocycles. The Balaban J connectivity index is 1.40. The zero-order valence-corrected chi connectivity index (χ0v) is 16.7. The molecule has 2 aromatic rings. The Kier molecular flexibility index (Phi) is 5.45. The van der Waals surface area contributed by atoms with Gasteiger partial charge in [0.1, 0.15) is 0 Å². The van der Waals surface area contributed by atoms with Gasteiger partial charge in [0.25, 0.3) is 0 Å². The monoisotopic (exact) mass is 384 g/mol. The number of likely N-dealkylation sites (tertiary alicyclic amines) is 1. The van der Waals surface area contributed by atoms with Crippen LogP contribution in [0.3, 0.4) is 0 Å². The average Bonchev–Trinajstić information content (AvgIpc) is 3.10. The molecule has 0 radical (unpaired) electrons. The van der Waals surface area contributed by atoms with Crippen LogP contribution in [0.25, 0.3) is 0 Å². The molecule has 2 aliphatic rings. The molecule has 2 heterocycles. The molecule has 5 nitrogen and oxygen atoms in total. The maximum absolute atomic E-state index is 12.7. The maximum Gasteiger partial charge on any atom is 0.323 e. The lowest BCUT2D eigenvalue weighted by atomic mass is 9.85. The van der Waals surface area contributed by atoms with Gasteiger partial charge in [0, 0.05) is 24.0 Å². The van der Waals surface area contributed by atoms with Gasteiger partial charge in [-0.05, 0) is 56.4 Å². The molecule has 0 bridgehead atoms. The number of piperidine rings is 1. The fourth-order valence-electron chi connectivity index (χ4n) is 4.23. The lowest BCUT2D eigenvalue weighted by Crippen LogP contribution is -2.46. The van der Waals surface area contributed by atoms with Crippen molar-refractivity contribution in [2.45, 2.75) is 51.0 Å². The molecule has 3 unspecified atom stereocenters. The lowest BCUT2D eigenvalue weighted by Gasteiger charge is -2.34. The fraction of sp³-hybridized carbons (Fsp3) is 0.524. The normalized spacial score (nSPS) is 23.6. The summed E-state index contributed by atoms with van der Waals surface area (Å²) >= 11 is 1.64. The van der Waals surface area contributed by atoms with E-state index in [1.165, 1.54) is 10.4 Å². The van der Waals surface area contributed by atoms with Gasteiger partial charge >= 0.3 is 6.03 Å². The molecule has 144 valence electrons. The van der Waals surface area contributed by atoms with Crippen LogP contribution >= 0.6 is 11.3 Å². The van der Waals surface area contributed by atoms with Crippen LogP contribution in [0.1, 0.15) is 48.2 Å². The van der Waals surface area contributed by atoms with Crippen molar-refractivity contribution >= 4 is 22.5 Å². The molecule has 6 heteroatoms. The van der Waals surface area contributed by atoms with Crippen LogP contribution in [0.4, 0.5) is 9.93 Å². The van der Waals surface area contributed by atoms with E-state index in [9.17, 15) is 4.79 Å². The predicted molar refractivity (Wildman–Crippen MR) is 110 cm³/mol. The number of carbonyl (C=O) groups is 1. The molecular formula is C21H28N4OS. The molecule has 0 spiro atoms. The van der Waals surface area contributed by atoms with Gasteiger partial charge in [0.2, 0.25) is 0 Å². The van der Waals surface area contributed by atoms with Gasteiger partial charge in [0.15, 0.2) is 5.13 Å². The van der Waals surface area contributed by atoms with Crippen molar-refractivity contribution in [1.29, 1.82) is 0 Å². The molecule has 2 amide bonds. The van der Waals surface area contributed by atoms with E-state index in [4.69, 9.17) is 10.7 Å². The number of rotatable bonds is 3. The summed E-state index contributed by atoms with van der Waals surface area (Å²) in [5.41, 5.74) is 8.60. The van der Waals surface area contributed by atoms with E-state index in [1.807, 2.05) is 11.8 Å². The third kappa shape index (κ3) is 4.17. The number of nitrogens with two attached hydrogens (primary N) is 1. The maximum atomic E-state index is 12.7. The SMILES string of the molecule is CC(N)C1CCCN(C(=O)Nc2nc3c(s2)CC(c2ccccc2)CC3)C1. The van der Waals surface area contributed by atoms with Crippen LogP contribution in [0, 0.1) is 5.92 Å². The first-order valence-corrected chi connectivity index (χ1v) is 10.8. The highest BCUT2D eigenvalue weighted by Gasteiger charge is 2.28. The van der Waals surface area contributed by atoms with Gasteiger partial charge in [-0.3, -0.25) is 5.32 Å². The van der Waals surface area contributed by atoms with Gasteiger partial charge in [-0.25, -0.2) is 9.78 Å². The minimum atomic E-state index is -0.0361. The topological polar surface area (TPSA) is 71.2 Å². The number of hydrogen-bond donors (Lipinski definition) is 2. The number of aromatic nitrogens is 1. The van der Waals surface area contributed by atoms with Crippen LogP contribution in [-0.2, 0) is 12.8 Å². The third-order valence-corrected chi connectivity index (χ3v) is 6.95. The molecule has 4 rings (SSSR count). The van der Waals surface area contributed by atoms with Crippen molar-refractivity contribution in [2.75, 3.05) is 18.4 Å². The summed E-state index contributed by atoms with van der Waals surface area (Å²) in [5.74, 6) is 0.942. The van der Waals surface area contributed by atoms with E-state index < -0.39 is 0 Å². The summed E-state index contributed by atoms with van der Waals surface area (Å²) in [5, 5.41) is 3.77. The minimum Gasteiger partial charge on any atom is -0.328 e. The first-order valence-electron chi connectivity index (χ1n) is 9.95. The number of nitrogens with zero attached hydrogens (tertiary/aromatic N) is 2. The zero-order valence-electron chi connectivity index (χ0n) is 15.9. The molecule has 0 saturated carbocycles. The number of aryl methyl sites for hydroxylation is 1. The molecule has 1 aliphatic carbocycles. The third-order valence-electron chi connectivity index (χ3n) is 5.91. The Morgan fingerprint density at radius 3 is 2.93 bits per heavy atom. The van der Waals surface area contributed by atoms with Crippen molar-refractivity contribution < 1.29 is 4.79 Å². The van der Waals surface area contributed by atoms with Gasteiger partial charge in [0.05, 0.1) is 5.69 Å². The Morgan fingerprint density at radius 1 is 1.33 bits per heavy atom. The van der Waals surface area contributed by atoms with Crippen LogP contribution in [-0.4, -0.2) is 35.0 Å². The summed E-state index contributed by atoms with van der Waals surface area (Å²) < 4.78 is 0. The summed E-state index contributed by atoms with van der Waals surface area (Å²) in [7, 11) is 0. The summed E-state index contributed by atoms with van der Waals surface area (Å²) in [6, 6.07) is 10.8. The first kappa shape index (κ1) is 18.4. The molecule has 3 N–H and O–H groups in total. The number of urea groups is 1. The van der Waals surface area contributed by atoms with Crippen LogP contribution in [0.5, 0.6) is 0 Å². The second kappa shape index (κ2) is 7.98. The van der Waals surface area contributed by atoms with Crippen LogP contribution in [0.2, 0.25) is 0 Å². The van der Waals surface area contributed by atoms with Crippen molar-refractivity contribution in [2.24, 2.45) is 11.7 Å². The summed E-state index contributed by atoms with van der Waals surface area (Å²) in [6.07, 6.45) is 5.25. The number of nitrogens with one attached hydrogen (secondary N) is 1. The van der Waals surface area contributed by atoms with E-state index in [-0.39, 0.29) is 12.1 Å². The summed E-state index contributed by atoms with van der Waals surface area (Å²) in [6.45, 7) is 3.57. The van der Waals surface area contributed by atoms with Crippen molar-refractivity contribution in [3.63, 3.8) is 0 Å². The molecule has 1 saturated heterocycles. The minimum absolute atomic E-state index is 0.0361. The highest BCUT2D eigenvalue weighted by molar-refractivity contribution is 7.15. The standard InChI is InChI=1S/C21H28N4OS/c1-14(22)17-8-5-11-25(13-17)21(26)24-20-23-18-10-9-16(12-19(18)27-20)15-6-3-2-4-7-15/h2-4,6-7,14,16-17H,5,8-13,22H2,1H3,(H,23,24,26). The largest absolute Gasteiger partial charge is 0.328 e. The number of carbonyl (C=O) groups excluding carboxylic acids is 1. The van der Waals surface area contributed by atoms with Crippen LogP contribution < -0.4 is 11.1 Å². The second-order valence-corrected chi connectivity index (χ2v) is 8.96. The van der Waals surface area contributed by atoms with E-state index >= 15 is 0 Å². The zero-order chi connectivity index (χ0) is 18.8. The molecule has 3 atom stereocenters. The smallest absolute Gasteiger partial charge is 0.323 e. The second-order valence-electron chi connectivity index (χ2n) is 7.88. The molecule has 1 aromatic carbocycles.